The number of likely N-dealkylation sites (tertiary alicyclic amines) is 1. The minimum absolute atomic E-state index is 0.0306. The standard InChI is InChI=1S/C17H21N3O2S/c1-3-14(23-2)17-18-16(19-22-17)13-9-15(21)20(11-13)10-12-7-5-4-6-8-12/h4-8,13-14H,3,9-11H2,1-2H3/t13-,14+/m0/s1. The van der Waals surface area contributed by atoms with E-state index in [1.165, 1.54) is 0 Å². The van der Waals surface area contributed by atoms with Crippen molar-refractivity contribution in [1.82, 2.24) is 15.0 Å². The van der Waals surface area contributed by atoms with Gasteiger partial charge in [0.1, 0.15) is 0 Å². The molecule has 5 nitrogen and oxygen atoms in total. The summed E-state index contributed by atoms with van der Waals surface area (Å²) in [5.41, 5.74) is 1.14. The summed E-state index contributed by atoms with van der Waals surface area (Å²) in [6.45, 7) is 3.40. The number of aromatic nitrogens is 2. The summed E-state index contributed by atoms with van der Waals surface area (Å²) in [4.78, 5) is 18.7. The second kappa shape index (κ2) is 7.17. The van der Waals surface area contributed by atoms with Crippen molar-refractivity contribution in [2.24, 2.45) is 0 Å². The molecule has 2 heterocycles. The first-order chi connectivity index (χ1) is 11.2. The van der Waals surface area contributed by atoms with Crippen LogP contribution in [0.2, 0.25) is 0 Å². The van der Waals surface area contributed by atoms with E-state index in [1.54, 1.807) is 11.8 Å². The summed E-state index contributed by atoms with van der Waals surface area (Å²) in [5, 5.41) is 4.34. The van der Waals surface area contributed by atoms with E-state index in [4.69, 9.17) is 4.52 Å². The third-order valence-electron chi connectivity index (χ3n) is 4.18. The molecule has 1 saturated heterocycles. The van der Waals surface area contributed by atoms with Gasteiger partial charge < -0.3 is 9.42 Å². The van der Waals surface area contributed by atoms with Crippen LogP contribution in [0.25, 0.3) is 0 Å². The highest BCUT2D eigenvalue weighted by Gasteiger charge is 2.34. The summed E-state index contributed by atoms with van der Waals surface area (Å²) in [6, 6.07) is 10.0. The lowest BCUT2D eigenvalue weighted by molar-refractivity contribution is -0.128. The molecule has 0 spiro atoms. The van der Waals surface area contributed by atoms with E-state index < -0.39 is 0 Å². The predicted molar refractivity (Wildman–Crippen MR) is 90.1 cm³/mol. The van der Waals surface area contributed by atoms with Crippen molar-refractivity contribution in [2.45, 2.75) is 37.5 Å². The zero-order valence-electron chi connectivity index (χ0n) is 13.4. The lowest BCUT2D eigenvalue weighted by atomic mass is 10.1. The van der Waals surface area contributed by atoms with Crippen molar-refractivity contribution in [3.63, 3.8) is 0 Å². The molecule has 0 radical (unpaired) electrons. The van der Waals surface area contributed by atoms with Crippen LogP contribution in [0, 0.1) is 0 Å². The van der Waals surface area contributed by atoms with Crippen molar-refractivity contribution in [2.75, 3.05) is 12.8 Å². The van der Waals surface area contributed by atoms with Gasteiger partial charge in [0.25, 0.3) is 0 Å². The van der Waals surface area contributed by atoms with Gasteiger partial charge in [-0.25, -0.2) is 0 Å². The second-order valence-electron chi connectivity index (χ2n) is 5.78. The third-order valence-corrected chi connectivity index (χ3v) is 5.29. The van der Waals surface area contributed by atoms with E-state index in [1.807, 2.05) is 41.5 Å². The summed E-state index contributed by atoms with van der Waals surface area (Å²) in [6.07, 6.45) is 3.45. The fourth-order valence-electron chi connectivity index (χ4n) is 2.89. The third kappa shape index (κ3) is 3.58. The number of nitrogens with zero attached hydrogens (tertiary/aromatic N) is 3. The Bertz CT molecular complexity index is 655. The van der Waals surface area contributed by atoms with E-state index in [9.17, 15) is 4.79 Å². The number of carbonyl (C=O) groups is 1. The van der Waals surface area contributed by atoms with Crippen LogP contribution in [0.5, 0.6) is 0 Å². The van der Waals surface area contributed by atoms with Crippen LogP contribution >= 0.6 is 11.8 Å². The smallest absolute Gasteiger partial charge is 0.239 e. The summed E-state index contributed by atoms with van der Waals surface area (Å²) in [7, 11) is 0. The fraction of sp³-hybridized carbons (Fsp3) is 0.471. The van der Waals surface area contributed by atoms with Crippen LogP contribution in [0.15, 0.2) is 34.9 Å². The Morgan fingerprint density at radius 2 is 2.17 bits per heavy atom. The fourth-order valence-corrected chi connectivity index (χ4v) is 3.52. The van der Waals surface area contributed by atoms with Crippen molar-refractivity contribution in [3.8, 4) is 0 Å². The minimum atomic E-state index is 0.0306. The molecule has 2 aromatic rings. The summed E-state index contributed by atoms with van der Waals surface area (Å²) in [5.74, 6) is 1.52. The first-order valence-corrected chi connectivity index (χ1v) is 9.18. The number of rotatable bonds is 6. The Morgan fingerprint density at radius 3 is 2.87 bits per heavy atom. The normalized spacial score (nSPS) is 19.3. The zero-order valence-corrected chi connectivity index (χ0v) is 14.3. The van der Waals surface area contributed by atoms with Gasteiger partial charge in [0.05, 0.1) is 5.25 Å². The van der Waals surface area contributed by atoms with E-state index in [0.29, 0.717) is 31.2 Å². The SMILES string of the molecule is CC[C@@H](SC)c1nc([C@H]2CC(=O)N(Cc3ccccc3)C2)no1. The van der Waals surface area contributed by atoms with Crippen molar-refractivity contribution < 1.29 is 9.32 Å². The van der Waals surface area contributed by atoms with E-state index >= 15 is 0 Å². The molecule has 0 aliphatic carbocycles. The highest BCUT2D eigenvalue weighted by Crippen LogP contribution is 2.32. The quantitative estimate of drug-likeness (QED) is 0.812. The number of benzene rings is 1. The minimum Gasteiger partial charge on any atom is -0.338 e. The topological polar surface area (TPSA) is 59.2 Å². The molecule has 1 fully saturated rings. The molecule has 1 amide bonds. The molecule has 6 heteroatoms. The molecule has 1 aromatic heterocycles. The molecule has 0 bridgehead atoms. The molecule has 0 N–H and O–H groups in total. The molecule has 1 aliphatic heterocycles. The molecule has 1 aromatic carbocycles. The molecule has 3 rings (SSSR count). The molecular formula is C17H21N3O2S. The Kier molecular flexibility index (Phi) is 5.00. The largest absolute Gasteiger partial charge is 0.338 e. The van der Waals surface area contributed by atoms with Gasteiger partial charge in [-0.2, -0.15) is 16.7 Å². The van der Waals surface area contributed by atoms with Gasteiger partial charge in [-0.05, 0) is 18.2 Å². The van der Waals surface area contributed by atoms with Gasteiger partial charge in [0.2, 0.25) is 11.8 Å². The maximum atomic E-state index is 12.3. The van der Waals surface area contributed by atoms with Crippen LogP contribution in [0.1, 0.15) is 48.2 Å². The number of hydrogen-bond acceptors (Lipinski definition) is 5. The van der Waals surface area contributed by atoms with Crippen LogP contribution in [-0.4, -0.2) is 33.7 Å². The summed E-state index contributed by atoms with van der Waals surface area (Å²) < 4.78 is 5.40. The van der Waals surface area contributed by atoms with Crippen molar-refractivity contribution >= 4 is 17.7 Å². The van der Waals surface area contributed by atoms with Crippen LogP contribution in [0.3, 0.4) is 0 Å². The second-order valence-corrected chi connectivity index (χ2v) is 6.82. The van der Waals surface area contributed by atoms with Crippen LogP contribution in [-0.2, 0) is 11.3 Å². The Morgan fingerprint density at radius 1 is 1.39 bits per heavy atom. The molecule has 2 atom stereocenters. The summed E-state index contributed by atoms with van der Waals surface area (Å²) >= 11 is 1.71. The maximum absolute atomic E-state index is 12.3. The van der Waals surface area contributed by atoms with E-state index in [2.05, 4.69) is 17.1 Å². The van der Waals surface area contributed by atoms with Gasteiger partial charge in [0.15, 0.2) is 5.82 Å². The number of carbonyl (C=O) groups excluding carboxylic acids is 1. The van der Waals surface area contributed by atoms with Gasteiger partial charge in [0, 0.05) is 25.4 Å². The Hall–Kier alpha value is -1.82. The maximum Gasteiger partial charge on any atom is 0.239 e. The number of amides is 1. The highest BCUT2D eigenvalue weighted by atomic mass is 32.2. The highest BCUT2D eigenvalue weighted by molar-refractivity contribution is 7.98. The zero-order chi connectivity index (χ0) is 16.2. The number of hydrogen-bond donors (Lipinski definition) is 0. The molecule has 1 aliphatic rings. The lowest BCUT2D eigenvalue weighted by Crippen LogP contribution is -2.24. The average Bonchev–Trinajstić information content (AvgIpc) is 3.18. The van der Waals surface area contributed by atoms with Crippen LogP contribution in [0.4, 0.5) is 0 Å². The van der Waals surface area contributed by atoms with E-state index in [0.717, 1.165) is 12.0 Å². The monoisotopic (exact) mass is 331 g/mol. The van der Waals surface area contributed by atoms with E-state index in [-0.39, 0.29) is 17.1 Å². The van der Waals surface area contributed by atoms with Gasteiger partial charge in [-0.15, -0.1) is 0 Å². The van der Waals surface area contributed by atoms with Crippen LogP contribution < -0.4 is 0 Å². The predicted octanol–water partition coefficient (Wildman–Crippen LogP) is 3.40. The first kappa shape index (κ1) is 16.1. The average molecular weight is 331 g/mol. The van der Waals surface area contributed by atoms with Gasteiger partial charge >= 0.3 is 0 Å². The first-order valence-electron chi connectivity index (χ1n) is 7.89. The van der Waals surface area contributed by atoms with Crippen molar-refractivity contribution in [1.29, 1.82) is 0 Å². The number of thioether (sulfide) groups is 1. The van der Waals surface area contributed by atoms with Crippen molar-refractivity contribution in [3.05, 3.63) is 47.6 Å². The molecular weight excluding hydrogens is 310 g/mol. The lowest BCUT2D eigenvalue weighted by Gasteiger charge is -2.15. The molecule has 0 saturated carbocycles. The Labute approximate surface area is 140 Å². The van der Waals surface area contributed by atoms with Gasteiger partial charge in [-0.1, -0.05) is 42.4 Å². The molecule has 122 valence electrons. The Balaban J connectivity index is 1.68. The van der Waals surface area contributed by atoms with Gasteiger partial charge in [-0.3, -0.25) is 4.79 Å². The molecule has 0 unspecified atom stereocenters. The molecule has 23 heavy (non-hydrogen) atoms.